The Labute approximate surface area is 144 Å². The van der Waals surface area contributed by atoms with E-state index in [1.165, 1.54) is 6.20 Å². The summed E-state index contributed by atoms with van der Waals surface area (Å²) in [7, 11) is 0. The monoisotopic (exact) mass is 340 g/mol. The number of rotatable bonds is 4. The number of H-pyrrole nitrogens is 1. The van der Waals surface area contributed by atoms with E-state index in [-0.39, 0.29) is 5.92 Å². The Bertz CT molecular complexity index is 928. The van der Waals surface area contributed by atoms with Gasteiger partial charge in [-0.2, -0.15) is 0 Å². The van der Waals surface area contributed by atoms with Gasteiger partial charge < -0.3 is 10.3 Å². The van der Waals surface area contributed by atoms with Crippen molar-refractivity contribution in [1.82, 2.24) is 4.98 Å². The van der Waals surface area contributed by atoms with Crippen LogP contribution in [-0.4, -0.2) is 16.7 Å². The molecule has 3 rings (SSSR count). The van der Waals surface area contributed by atoms with Gasteiger partial charge in [-0.3, -0.25) is 9.59 Å². The topological polar surface area (TPSA) is 62.0 Å². The Balaban J connectivity index is 1.90. The summed E-state index contributed by atoms with van der Waals surface area (Å²) in [4.78, 5) is 27.9. The molecule has 0 radical (unpaired) electrons. The molecule has 0 bridgehead atoms. The van der Waals surface area contributed by atoms with Crippen molar-refractivity contribution in [3.63, 3.8) is 0 Å². The van der Waals surface area contributed by atoms with E-state index in [0.717, 1.165) is 11.1 Å². The number of carbonyl (C=O) groups excluding carboxylic acids is 2. The van der Waals surface area contributed by atoms with Crippen LogP contribution in [0.5, 0.6) is 0 Å². The fraction of sp³-hybridized carbons (Fsp3) is 0.158. The summed E-state index contributed by atoms with van der Waals surface area (Å²) in [5.74, 6) is -1.02. The molecule has 1 aromatic heterocycles. The van der Waals surface area contributed by atoms with Crippen molar-refractivity contribution in [2.75, 3.05) is 5.32 Å². The number of amides is 1. The zero-order valence-corrected chi connectivity index (χ0v) is 14.1. The van der Waals surface area contributed by atoms with Gasteiger partial charge in [-0.25, -0.2) is 0 Å². The second-order valence-corrected chi connectivity index (χ2v) is 6.35. The number of benzene rings is 2. The molecule has 0 atom stereocenters. The predicted molar refractivity (Wildman–Crippen MR) is 96.8 cm³/mol. The Hall–Kier alpha value is -2.59. The molecule has 0 aliphatic rings. The van der Waals surface area contributed by atoms with Gasteiger partial charge in [0.2, 0.25) is 0 Å². The van der Waals surface area contributed by atoms with Crippen LogP contribution in [0.1, 0.15) is 35.7 Å². The van der Waals surface area contributed by atoms with E-state index in [4.69, 9.17) is 11.6 Å². The van der Waals surface area contributed by atoms with Gasteiger partial charge in [0, 0.05) is 27.8 Å². The van der Waals surface area contributed by atoms with E-state index < -0.39 is 11.7 Å². The number of aromatic nitrogens is 1. The largest absolute Gasteiger partial charge is 0.360 e. The maximum Gasteiger partial charge on any atom is 0.296 e. The van der Waals surface area contributed by atoms with Crippen molar-refractivity contribution >= 4 is 39.9 Å². The van der Waals surface area contributed by atoms with Crippen LogP contribution in [0.2, 0.25) is 5.02 Å². The fourth-order valence-electron chi connectivity index (χ4n) is 2.70. The van der Waals surface area contributed by atoms with Crippen LogP contribution in [-0.2, 0) is 4.79 Å². The van der Waals surface area contributed by atoms with E-state index in [1.807, 2.05) is 32.0 Å². The summed E-state index contributed by atoms with van der Waals surface area (Å²) in [5, 5.41) is 3.88. The van der Waals surface area contributed by atoms with Crippen molar-refractivity contribution in [2.24, 2.45) is 0 Å². The number of ketones is 1. The first-order chi connectivity index (χ1) is 11.5. The van der Waals surface area contributed by atoms with Crippen LogP contribution in [0, 0.1) is 0 Å². The van der Waals surface area contributed by atoms with Crippen LogP contribution in [0.3, 0.4) is 0 Å². The lowest BCUT2D eigenvalue weighted by atomic mass is 10.0. The van der Waals surface area contributed by atoms with Crippen molar-refractivity contribution in [3.05, 3.63) is 64.8 Å². The van der Waals surface area contributed by atoms with Gasteiger partial charge in [0.25, 0.3) is 11.7 Å². The molecular weight excluding hydrogens is 324 g/mol. The van der Waals surface area contributed by atoms with E-state index in [1.54, 1.807) is 24.3 Å². The molecule has 5 heteroatoms. The second-order valence-electron chi connectivity index (χ2n) is 5.92. The Morgan fingerprint density at radius 1 is 1.12 bits per heavy atom. The zero-order chi connectivity index (χ0) is 17.3. The van der Waals surface area contributed by atoms with Gasteiger partial charge in [-0.15, -0.1) is 0 Å². The number of nitrogens with one attached hydrogen (secondary N) is 2. The van der Waals surface area contributed by atoms with E-state index >= 15 is 0 Å². The van der Waals surface area contributed by atoms with Gasteiger partial charge in [-0.05, 0) is 35.7 Å². The van der Waals surface area contributed by atoms with Gasteiger partial charge in [0.1, 0.15) is 0 Å². The summed E-state index contributed by atoms with van der Waals surface area (Å²) in [6, 6.07) is 12.7. The molecule has 1 amide bonds. The maximum absolute atomic E-state index is 12.5. The highest BCUT2D eigenvalue weighted by atomic mass is 35.5. The van der Waals surface area contributed by atoms with Crippen LogP contribution in [0.15, 0.2) is 48.7 Å². The van der Waals surface area contributed by atoms with Gasteiger partial charge in [0.15, 0.2) is 0 Å². The van der Waals surface area contributed by atoms with Crippen molar-refractivity contribution in [2.45, 2.75) is 19.8 Å². The molecule has 0 aliphatic heterocycles. The molecule has 0 unspecified atom stereocenters. The fourth-order valence-corrected chi connectivity index (χ4v) is 2.87. The Kier molecular flexibility index (Phi) is 4.40. The van der Waals surface area contributed by atoms with Crippen LogP contribution >= 0.6 is 11.6 Å². The van der Waals surface area contributed by atoms with Crippen molar-refractivity contribution in [1.29, 1.82) is 0 Å². The number of hydrogen-bond acceptors (Lipinski definition) is 2. The summed E-state index contributed by atoms with van der Waals surface area (Å²) in [6.07, 6.45) is 1.54. The summed E-state index contributed by atoms with van der Waals surface area (Å²) in [6.45, 7) is 4.07. The molecule has 0 fully saturated rings. The lowest BCUT2D eigenvalue weighted by molar-refractivity contribution is -0.112. The van der Waals surface area contributed by atoms with Crippen LogP contribution in [0.4, 0.5) is 5.69 Å². The number of anilines is 1. The first kappa shape index (κ1) is 16.3. The highest BCUT2D eigenvalue weighted by Crippen LogP contribution is 2.25. The molecular formula is C19H17ClN2O2. The quantitative estimate of drug-likeness (QED) is 0.531. The smallest absolute Gasteiger partial charge is 0.296 e. The third-order valence-electron chi connectivity index (χ3n) is 3.93. The SMILES string of the molecule is CC(C)c1ccccc1NC(=O)C(=O)c1c[nH]c2ccc(Cl)cc12. The predicted octanol–water partition coefficient (Wildman–Crippen LogP) is 4.77. The summed E-state index contributed by atoms with van der Waals surface area (Å²) in [5.41, 5.74) is 2.72. The third kappa shape index (κ3) is 3.05. The van der Waals surface area contributed by atoms with E-state index in [0.29, 0.717) is 21.7 Å². The highest BCUT2D eigenvalue weighted by molar-refractivity contribution is 6.48. The lowest BCUT2D eigenvalue weighted by Gasteiger charge is -2.13. The normalized spacial score (nSPS) is 11.0. The number of halogens is 1. The average molecular weight is 341 g/mol. The minimum absolute atomic E-state index is 0.239. The summed E-state index contributed by atoms with van der Waals surface area (Å²) >= 11 is 5.99. The molecule has 0 saturated carbocycles. The zero-order valence-electron chi connectivity index (χ0n) is 13.4. The highest BCUT2D eigenvalue weighted by Gasteiger charge is 2.21. The van der Waals surface area contributed by atoms with Gasteiger partial charge in [-0.1, -0.05) is 43.6 Å². The standard InChI is InChI=1S/C19H17ClN2O2/c1-11(2)13-5-3-4-6-17(13)22-19(24)18(23)15-10-21-16-8-7-12(20)9-14(15)16/h3-11,21H,1-2H3,(H,22,24). The molecule has 2 N–H and O–H groups in total. The number of aromatic amines is 1. The number of Topliss-reactive ketones (excluding diaryl/α,β-unsaturated/α-hetero) is 1. The lowest BCUT2D eigenvalue weighted by Crippen LogP contribution is -2.23. The molecule has 4 nitrogen and oxygen atoms in total. The molecule has 24 heavy (non-hydrogen) atoms. The molecule has 3 aromatic rings. The van der Waals surface area contributed by atoms with E-state index in [9.17, 15) is 9.59 Å². The Morgan fingerprint density at radius 2 is 1.88 bits per heavy atom. The van der Waals surface area contributed by atoms with Gasteiger partial charge in [0.05, 0.1) is 5.56 Å². The molecule has 122 valence electrons. The van der Waals surface area contributed by atoms with Gasteiger partial charge >= 0.3 is 0 Å². The first-order valence-corrected chi connectivity index (χ1v) is 8.06. The van der Waals surface area contributed by atoms with Crippen LogP contribution in [0.25, 0.3) is 10.9 Å². The Morgan fingerprint density at radius 3 is 2.62 bits per heavy atom. The van der Waals surface area contributed by atoms with Crippen molar-refractivity contribution in [3.8, 4) is 0 Å². The minimum Gasteiger partial charge on any atom is -0.360 e. The second kappa shape index (κ2) is 6.49. The molecule has 0 aliphatic carbocycles. The molecule has 2 aromatic carbocycles. The third-order valence-corrected chi connectivity index (χ3v) is 4.16. The van der Waals surface area contributed by atoms with Crippen LogP contribution < -0.4 is 5.32 Å². The number of fused-ring (bicyclic) bond motifs is 1. The molecule has 1 heterocycles. The number of carbonyl (C=O) groups is 2. The maximum atomic E-state index is 12.5. The average Bonchev–Trinajstić information content (AvgIpc) is 2.97. The number of para-hydroxylation sites is 1. The van der Waals surface area contributed by atoms with Crippen molar-refractivity contribution < 1.29 is 9.59 Å². The molecule has 0 saturated heterocycles. The first-order valence-electron chi connectivity index (χ1n) is 7.68. The minimum atomic E-state index is -0.663. The summed E-state index contributed by atoms with van der Waals surface area (Å²) < 4.78 is 0. The van der Waals surface area contributed by atoms with E-state index in [2.05, 4.69) is 10.3 Å². The number of hydrogen-bond donors (Lipinski definition) is 2. The molecule has 0 spiro atoms.